The van der Waals surface area contributed by atoms with Gasteiger partial charge in [0.25, 0.3) is 5.56 Å². The fourth-order valence-corrected chi connectivity index (χ4v) is 1.91. The molecule has 0 atom stereocenters. The highest BCUT2D eigenvalue weighted by molar-refractivity contribution is 5.90. The monoisotopic (exact) mass is 293 g/mol. The molecule has 0 saturated heterocycles. The van der Waals surface area contributed by atoms with E-state index in [0.717, 1.165) is 0 Å². The zero-order valence-electron chi connectivity index (χ0n) is 13.0. The third kappa shape index (κ3) is 5.06. The van der Waals surface area contributed by atoms with Gasteiger partial charge in [0, 0.05) is 18.2 Å². The van der Waals surface area contributed by atoms with E-state index >= 15 is 0 Å². The van der Waals surface area contributed by atoms with Crippen molar-refractivity contribution in [3.8, 4) is 0 Å². The molecule has 116 valence electrons. The number of rotatable bonds is 6. The number of hydrogen-bond acceptors (Lipinski definition) is 3. The number of amides is 2. The Kier molecular flexibility index (Phi) is 6.14. The number of nitrogens with one attached hydrogen (secondary N) is 2. The van der Waals surface area contributed by atoms with Crippen LogP contribution in [0.4, 0.5) is 5.69 Å². The normalized spacial score (nSPS) is 10.5. The maximum atomic E-state index is 12.3. The topological polar surface area (TPSA) is 80.2 Å². The van der Waals surface area contributed by atoms with E-state index in [1.165, 1.54) is 4.57 Å². The van der Waals surface area contributed by atoms with Crippen LogP contribution in [0.25, 0.3) is 0 Å². The van der Waals surface area contributed by atoms with Gasteiger partial charge in [-0.2, -0.15) is 0 Å². The molecule has 1 rings (SSSR count). The van der Waals surface area contributed by atoms with E-state index in [1.54, 1.807) is 19.1 Å². The van der Waals surface area contributed by atoms with Gasteiger partial charge in [-0.3, -0.25) is 14.4 Å². The van der Waals surface area contributed by atoms with Crippen molar-refractivity contribution in [3.63, 3.8) is 0 Å². The summed E-state index contributed by atoms with van der Waals surface area (Å²) in [5.74, 6) is -0.427. The minimum Gasteiger partial charge on any atom is -0.352 e. The molecule has 2 N–H and O–H groups in total. The second-order valence-electron chi connectivity index (χ2n) is 5.30. The number of carbonyl (C=O) groups excluding carboxylic acids is 2. The van der Waals surface area contributed by atoms with Crippen molar-refractivity contribution in [2.75, 3.05) is 5.32 Å². The average molecular weight is 293 g/mol. The summed E-state index contributed by atoms with van der Waals surface area (Å²) in [6, 6.07) is 3.30. The Morgan fingerprint density at radius 2 is 1.90 bits per heavy atom. The first-order valence-corrected chi connectivity index (χ1v) is 7.14. The van der Waals surface area contributed by atoms with E-state index in [9.17, 15) is 14.4 Å². The largest absolute Gasteiger partial charge is 0.352 e. The number of carbonyl (C=O) groups is 2. The van der Waals surface area contributed by atoms with Crippen molar-refractivity contribution >= 4 is 17.5 Å². The molecule has 0 saturated carbocycles. The standard InChI is InChI=1S/C15H23N3O3/c1-5-6-13(19)17-12-8-7-11(4)18(15(12)21)9-14(20)16-10(2)3/h7-8,10H,5-6,9H2,1-4H3,(H,16,20)(H,17,19). The number of aryl methyl sites for hydroxylation is 1. The van der Waals surface area contributed by atoms with Gasteiger partial charge in [0.1, 0.15) is 12.2 Å². The molecule has 0 aliphatic heterocycles. The lowest BCUT2D eigenvalue weighted by Crippen LogP contribution is -2.37. The summed E-state index contributed by atoms with van der Waals surface area (Å²) in [6.07, 6.45) is 1.07. The summed E-state index contributed by atoms with van der Waals surface area (Å²) in [5, 5.41) is 5.33. The maximum absolute atomic E-state index is 12.3. The van der Waals surface area contributed by atoms with Gasteiger partial charge >= 0.3 is 0 Å². The Hall–Kier alpha value is -2.11. The average Bonchev–Trinajstić information content (AvgIpc) is 2.37. The van der Waals surface area contributed by atoms with Gasteiger partial charge in [-0.1, -0.05) is 6.92 Å². The van der Waals surface area contributed by atoms with Crippen LogP contribution >= 0.6 is 0 Å². The number of pyridine rings is 1. The number of nitrogens with zero attached hydrogens (tertiary/aromatic N) is 1. The van der Waals surface area contributed by atoms with Gasteiger partial charge in [-0.15, -0.1) is 0 Å². The minimum atomic E-state index is -0.363. The van der Waals surface area contributed by atoms with Crippen LogP contribution in [0.3, 0.4) is 0 Å². The van der Waals surface area contributed by atoms with Crippen molar-refractivity contribution in [3.05, 3.63) is 28.2 Å². The van der Waals surface area contributed by atoms with E-state index in [0.29, 0.717) is 18.5 Å². The van der Waals surface area contributed by atoms with E-state index in [-0.39, 0.29) is 35.6 Å². The zero-order valence-corrected chi connectivity index (χ0v) is 13.0. The molecule has 6 heteroatoms. The Morgan fingerprint density at radius 1 is 1.24 bits per heavy atom. The molecule has 0 spiro atoms. The first-order valence-electron chi connectivity index (χ1n) is 7.14. The van der Waals surface area contributed by atoms with Crippen molar-refractivity contribution in [1.29, 1.82) is 0 Å². The van der Waals surface area contributed by atoms with E-state index in [1.807, 2.05) is 20.8 Å². The Morgan fingerprint density at radius 3 is 2.48 bits per heavy atom. The summed E-state index contributed by atoms with van der Waals surface area (Å²) in [6.45, 7) is 7.30. The molecule has 2 amide bonds. The molecule has 21 heavy (non-hydrogen) atoms. The zero-order chi connectivity index (χ0) is 16.0. The summed E-state index contributed by atoms with van der Waals surface area (Å²) in [5.41, 5.74) is 0.516. The summed E-state index contributed by atoms with van der Waals surface area (Å²) >= 11 is 0. The highest BCUT2D eigenvalue weighted by Crippen LogP contribution is 2.04. The Bertz CT molecular complexity index is 576. The van der Waals surface area contributed by atoms with Gasteiger partial charge in [0.05, 0.1) is 0 Å². The highest BCUT2D eigenvalue weighted by atomic mass is 16.2. The van der Waals surface area contributed by atoms with E-state index in [4.69, 9.17) is 0 Å². The quantitative estimate of drug-likeness (QED) is 0.832. The number of aromatic nitrogens is 1. The second-order valence-corrected chi connectivity index (χ2v) is 5.30. The maximum Gasteiger partial charge on any atom is 0.274 e. The molecule has 1 heterocycles. The third-order valence-corrected chi connectivity index (χ3v) is 2.90. The van der Waals surface area contributed by atoms with Crippen LogP contribution in [-0.4, -0.2) is 22.4 Å². The van der Waals surface area contributed by atoms with Crippen molar-refractivity contribution in [1.82, 2.24) is 9.88 Å². The van der Waals surface area contributed by atoms with Gasteiger partial charge in [0.15, 0.2) is 0 Å². The van der Waals surface area contributed by atoms with Crippen molar-refractivity contribution < 1.29 is 9.59 Å². The van der Waals surface area contributed by atoms with Gasteiger partial charge in [-0.25, -0.2) is 0 Å². The fraction of sp³-hybridized carbons (Fsp3) is 0.533. The molecule has 1 aromatic heterocycles. The summed E-state index contributed by atoms with van der Waals surface area (Å²) in [4.78, 5) is 35.7. The van der Waals surface area contributed by atoms with Crippen LogP contribution in [0.1, 0.15) is 39.3 Å². The molecular formula is C15H23N3O3. The molecule has 0 fully saturated rings. The van der Waals surface area contributed by atoms with Crippen LogP contribution in [0.2, 0.25) is 0 Å². The highest BCUT2D eigenvalue weighted by Gasteiger charge is 2.12. The molecule has 0 aliphatic carbocycles. The van der Waals surface area contributed by atoms with E-state index < -0.39 is 0 Å². The molecule has 0 unspecified atom stereocenters. The van der Waals surface area contributed by atoms with E-state index in [2.05, 4.69) is 10.6 Å². The molecular weight excluding hydrogens is 270 g/mol. The molecule has 0 aliphatic rings. The van der Waals surface area contributed by atoms with Crippen molar-refractivity contribution in [2.45, 2.75) is 53.1 Å². The van der Waals surface area contributed by atoms with Crippen LogP contribution in [0.15, 0.2) is 16.9 Å². The lowest BCUT2D eigenvalue weighted by molar-refractivity contribution is -0.122. The fourth-order valence-electron chi connectivity index (χ4n) is 1.91. The predicted molar refractivity (Wildman–Crippen MR) is 82.3 cm³/mol. The summed E-state index contributed by atoms with van der Waals surface area (Å²) in [7, 11) is 0. The van der Waals surface area contributed by atoms with Gasteiger partial charge in [0.2, 0.25) is 11.8 Å². The first kappa shape index (κ1) is 16.9. The molecule has 1 aromatic rings. The van der Waals surface area contributed by atoms with Crippen LogP contribution in [-0.2, 0) is 16.1 Å². The molecule has 6 nitrogen and oxygen atoms in total. The molecule has 0 bridgehead atoms. The van der Waals surface area contributed by atoms with Crippen LogP contribution in [0.5, 0.6) is 0 Å². The third-order valence-electron chi connectivity index (χ3n) is 2.90. The Labute approximate surface area is 124 Å². The lowest BCUT2D eigenvalue weighted by atomic mass is 10.3. The summed E-state index contributed by atoms with van der Waals surface area (Å²) < 4.78 is 1.36. The number of anilines is 1. The smallest absolute Gasteiger partial charge is 0.274 e. The van der Waals surface area contributed by atoms with Crippen LogP contribution < -0.4 is 16.2 Å². The Balaban J connectivity index is 2.97. The van der Waals surface area contributed by atoms with Crippen LogP contribution in [0, 0.1) is 6.92 Å². The second kappa shape index (κ2) is 7.61. The predicted octanol–water partition coefficient (Wildman–Crippen LogP) is 1.42. The molecule has 0 aromatic carbocycles. The lowest BCUT2D eigenvalue weighted by Gasteiger charge is -2.14. The number of hydrogen-bond donors (Lipinski definition) is 2. The van der Waals surface area contributed by atoms with Crippen molar-refractivity contribution in [2.24, 2.45) is 0 Å². The van der Waals surface area contributed by atoms with Gasteiger partial charge in [-0.05, 0) is 39.3 Å². The molecule has 0 radical (unpaired) electrons. The SMILES string of the molecule is CCCC(=O)Nc1ccc(C)n(CC(=O)NC(C)C)c1=O. The first-order chi connectivity index (χ1) is 9.85. The minimum absolute atomic E-state index is 0.0148. The van der Waals surface area contributed by atoms with Gasteiger partial charge < -0.3 is 15.2 Å².